The van der Waals surface area contributed by atoms with E-state index in [9.17, 15) is 9.59 Å². The zero-order chi connectivity index (χ0) is 15.7. The molecule has 0 radical (unpaired) electrons. The molecular formula is C15H23N3O3. The Bertz CT molecular complexity index is 460. The van der Waals surface area contributed by atoms with Crippen LogP contribution in [0.5, 0.6) is 0 Å². The second kappa shape index (κ2) is 8.97. The summed E-state index contributed by atoms with van der Waals surface area (Å²) in [6.45, 7) is 2.83. The highest BCUT2D eigenvalue weighted by atomic mass is 16.5. The van der Waals surface area contributed by atoms with E-state index in [1.807, 2.05) is 31.2 Å². The molecule has 2 amide bonds. The number of nitrogen functional groups attached to an aromatic ring is 1. The van der Waals surface area contributed by atoms with E-state index in [2.05, 4.69) is 10.6 Å². The predicted octanol–water partition coefficient (Wildman–Crippen LogP) is 0.641. The van der Waals surface area contributed by atoms with Gasteiger partial charge in [0, 0.05) is 25.8 Å². The SMILES string of the molecule is COCCNC(=O)CNC(=O)CC(C)c1ccc(N)cc1. The average Bonchev–Trinajstić information content (AvgIpc) is 2.46. The molecule has 1 rings (SSSR count). The maximum absolute atomic E-state index is 11.8. The van der Waals surface area contributed by atoms with Crippen molar-refractivity contribution < 1.29 is 14.3 Å². The van der Waals surface area contributed by atoms with Gasteiger partial charge in [-0.05, 0) is 23.6 Å². The lowest BCUT2D eigenvalue weighted by atomic mass is 9.97. The number of carbonyl (C=O) groups excluding carboxylic acids is 2. The third-order valence-corrected chi connectivity index (χ3v) is 3.07. The Morgan fingerprint density at radius 1 is 1.19 bits per heavy atom. The summed E-state index contributed by atoms with van der Waals surface area (Å²) in [7, 11) is 1.56. The first-order chi connectivity index (χ1) is 10.0. The van der Waals surface area contributed by atoms with Crippen LogP contribution in [-0.4, -0.2) is 38.6 Å². The molecule has 0 spiro atoms. The normalized spacial score (nSPS) is 11.7. The number of methoxy groups -OCH3 is 1. The van der Waals surface area contributed by atoms with Gasteiger partial charge in [0.05, 0.1) is 13.2 Å². The summed E-state index contributed by atoms with van der Waals surface area (Å²) in [5.41, 5.74) is 7.37. The zero-order valence-electron chi connectivity index (χ0n) is 12.5. The van der Waals surface area contributed by atoms with Crippen molar-refractivity contribution in [3.05, 3.63) is 29.8 Å². The van der Waals surface area contributed by atoms with E-state index in [1.165, 1.54) is 0 Å². The monoisotopic (exact) mass is 293 g/mol. The minimum atomic E-state index is -0.222. The minimum absolute atomic E-state index is 0.0169. The number of nitrogens with two attached hydrogens (primary N) is 1. The molecule has 4 N–H and O–H groups in total. The predicted molar refractivity (Wildman–Crippen MR) is 81.8 cm³/mol. The van der Waals surface area contributed by atoms with E-state index < -0.39 is 0 Å². The molecule has 21 heavy (non-hydrogen) atoms. The van der Waals surface area contributed by atoms with Gasteiger partial charge < -0.3 is 21.1 Å². The van der Waals surface area contributed by atoms with Crippen LogP contribution in [0.3, 0.4) is 0 Å². The number of anilines is 1. The standard InChI is InChI=1S/C15H23N3O3/c1-11(12-3-5-13(16)6-4-12)9-14(19)18-10-15(20)17-7-8-21-2/h3-6,11H,7-10,16H2,1-2H3,(H,17,20)(H,18,19). The smallest absolute Gasteiger partial charge is 0.239 e. The van der Waals surface area contributed by atoms with Crippen LogP contribution in [0.25, 0.3) is 0 Å². The van der Waals surface area contributed by atoms with Crippen LogP contribution in [0.15, 0.2) is 24.3 Å². The molecule has 116 valence electrons. The highest BCUT2D eigenvalue weighted by molar-refractivity contribution is 5.84. The summed E-state index contributed by atoms with van der Waals surface area (Å²) in [6, 6.07) is 7.44. The molecule has 6 nitrogen and oxygen atoms in total. The number of benzene rings is 1. The molecule has 1 aromatic carbocycles. The molecule has 1 atom stereocenters. The fourth-order valence-electron chi connectivity index (χ4n) is 1.83. The summed E-state index contributed by atoms with van der Waals surface area (Å²) in [4.78, 5) is 23.2. The van der Waals surface area contributed by atoms with Crippen molar-refractivity contribution in [3.8, 4) is 0 Å². The number of rotatable bonds is 8. The maximum atomic E-state index is 11.8. The van der Waals surface area contributed by atoms with Gasteiger partial charge in [0.2, 0.25) is 11.8 Å². The van der Waals surface area contributed by atoms with Gasteiger partial charge in [-0.1, -0.05) is 19.1 Å². The van der Waals surface area contributed by atoms with Gasteiger partial charge in [-0.15, -0.1) is 0 Å². The highest BCUT2D eigenvalue weighted by Crippen LogP contribution is 2.19. The molecule has 0 aliphatic carbocycles. The van der Waals surface area contributed by atoms with Crippen LogP contribution in [0.1, 0.15) is 24.8 Å². The molecule has 0 saturated carbocycles. The molecule has 1 aromatic rings. The number of carbonyl (C=O) groups is 2. The Hall–Kier alpha value is -2.08. The van der Waals surface area contributed by atoms with Gasteiger partial charge in [0.25, 0.3) is 0 Å². The molecule has 6 heteroatoms. The van der Waals surface area contributed by atoms with Crippen molar-refractivity contribution >= 4 is 17.5 Å². The van der Waals surface area contributed by atoms with Crippen LogP contribution in [-0.2, 0) is 14.3 Å². The summed E-state index contributed by atoms with van der Waals surface area (Å²) in [5, 5.41) is 5.24. The van der Waals surface area contributed by atoms with Crippen molar-refractivity contribution in [2.24, 2.45) is 0 Å². The Labute approximate surface area is 125 Å². The second-order valence-electron chi connectivity index (χ2n) is 4.89. The first kappa shape index (κ1) is 17.0. The van der Waals surface area contributed by atoms with E-state index in [0.717, 1.165) is 5.56 Å². The molecular weight excluding hydrogens is 270 g/mol. The first-order valence-electron chi connectivity index (χ1n) is 6.90. The molecule has 1 unspecified atom stereocenters. The van der Waals surface area contributed by atoms with E-state index in [1.54, 1.807) is 7.11 Å². The maximum Gasteiger partial charge on any atom is 0.239 e. The Morgan fingerprint density at radius 3 is 2.48 bits per heavy atom. The van der Waals surface area contributed by atoms with Crippen LogP contribution < -0.4 is 16.4 Å². The van der Waals surface area contributed by atoms with Gasteiger partial charge in [0.15, 0.2) is 0 Å². The quantitative estimate of drug-likeness (QED) is 0.484. The van der Waals surface area contributed by atoms with E-state index in [-0.39, 0.29) is 24.3 Å². The number of amides is 2. The van der Waals surface area contributed by atoms with Gasteiger partial charge >= 0.3 is 0 Å². The lowest BCUT2D eigenvalue weighted by molar-refractivity contribution is -0.126. The van der Waals surface area contributed by atoms with E-state index in [0.29, 0.717) is 25.3 Å². The largest absolute Gasteiger partial charge is 0.399 e. The Balaban J connectivity index is 2.29. The van der Waals surface area contributed by atoms with Gasteiger partial charge in [-0.2, -0.15) is 0 Å². The van der Waals surface area contributed by atoms with Crippen molar-refractivity contribution in [1.82, 2.24) is 10.6 Å². The number of ether oxygens (including phenoxy) is 1. The summed E-state index contributed by atoms with van der Waals surface area (Å²) in [6.07, 6.45) is 0.329. The topological polar surface area (TPSA) is 93.5 Å². The molecule has 0 heterocycles. The lowest BCUT2D eigenvalue weighted by Crippen LogP contribution is -2.38. The summed E-state index contributed by atoms with van der Waals surface area (Å²) < 4.78 is 4.82. The molecule has 0 aliphatic rings. The number of hydrogen-bond donors (Lipinski definition) is 3. The second-order valence-corrected chi connectivity index (χ2v) is 4.89. The van der Waals surface area contributed by atoms with Crippen LogP contribution in [0, 0.1) is 0 Å². The van der Waals surface area contributed by atoms with Crippen LogP contribution in [0.2, 0.25) is 0 Å². The zero-order valence-corrected chi connectivity index (χ0v) is 12.5. The fraction of sp³-hybridized carbons (Fsp3) is 0.467. The van der Waals surface area contributed by atoms with Crippen molar-refractivity contribution in [2.75, 3.05) is 32.5 Å². The number of hydrogen-bond acceptors (Lipinski definition) is 4. The third kappa shape index (κ3) is 6.76. The van der Waals surface area contributed by atoms with E-state index in [4.69, 9.17) is 10.5 Å². The van der Waals surface area contributed by atoms with Crippen LogP contribution in [0.4, 0.5) is 5.69 Å². The lowest BCUT2D eigenvalue weighted by Gasteiger charge is -2.12. The molecule has 0 aliphatic heterocycles. The van der Waals surface area contributed by atoms with Crippen LogP contribution >= 0.6 is 0 Å². The van der Waals surface area contributed by atoms with E-state index >= 15 is 0 Å². The van der Waals surface area contributed by atoms with Crippen molar-refractivity contribution in [1.29, 1.82) is 0 Å². The Morgan fingerprint density at radius 2 is 1.86 bits per heavy atom. The molecule has 0 aromatic heterocycles. The molecule has 0 fully saturated rings. The summed E-state index contributed by atoms with van der Waals surface area (Å²) in [5.74, 6) is -0.302. The summed E-state index contributed by atoms with van der Waals surface area (Å²) >= 11 is 0. The van der Waals surface area contributed by atoms with Crippen molar-refractivity contribution in [2.45, 2.75) is 19.3 Å². The Kier molecular flexibility index (Phi) is 7.25. The molecule has 0 bridgehead atoms. The minimum Gasteiger partial charge on any atom is -0.399 e. The molecule has 0 saturated heterocycles. The number of nitrogens with one attached hydrogen (secondary N) is 2. The van der Waals surface area contributed by atoms with Gasteiger partial charge in [-0.25, -0.2) is 0 Å². The van der Waals surface area contributed by atoms with Crippen molar-refractivity contribution in [3.63, 3.8) is 0 Å². The van der Waals surface area contributed by atoms with Gasteiger partial charge in [-0.3, -0.25) is 9.59 Å². The van der Waals surface area contributed by atoms with Gasteiger partial charge in [0.1, 0.15) is 0 Å². The first-order valence-corrected chi connectivity index (χ1v) is 6.90. The highest BCUT2D eigenvalue weighted by Gasteiger charge is 2.12. The fourth-order valence-corrected chi connectivity index (χ4v) is 1.83. The average molecular weight is 293 g/mol. The third-order valence-electron chi connectivity index (χ3n) is 3.07.